The fraction of sp³-hybridized carbons (Fsp3) is 1.00. The van der Waals surface area contributed by atoms with Gasteiger partial charge < -0.3 is 0 Å². The average Bonchev–Trinajstić information content (AvgIpc) is 2.67. The quantitative estimate of drug-likeness (QED) is 0.650. The predicted octanol–water partition coefficient (Wildman–Crippen LogP) is -0.131. The molecule has 2 aliphatic rings. The molecule has 2 saturated heterocycles. The topological polar surface area (TPSA) is 13.0 Å². The Morgan fingerprint density at radius 2 is 1.00 bits per heavy atom. The van der Waals surface area contributed by atoms with Crippen LogP contribution in [-0.2, 0) is 15.6 Å². The number of rotatable bonds is 2. The maximum atomic E-state index is 2.77. The van der Waals surface area contributed by atoms with E-state index in [4.69, 9.17) is 0 Å². The van der Waals surface area contributed by atoms with E-state index in [1.807, 2.05) is 0 Å². The number of hydrogen-bond donors (Lipinski definition) is 0. The van der Waals surface area contributed by atoms with Crippen LogP contribution >= 0.6 is 0 Å². The SMILES string of the molecule is C[N](C)[Ti]12([N](C)C)([N](C)CC[N+]1(C)C)[N](C)CC[N+]2(C)C. The Morgan fingerprint density at radius 3 is 1.14 bits per heavy atom. The van der Waals surface area contributed by atoms with Gasteiger partial charge in [-0.3, -0.25) is 0 Å². The Balaban J connectivity index is 3.18. The fourth-order valence-corrected chi connectivity index (χ4v) is 33.6. The zero-order valence-electron chi connectivity index (χ0n) is 16.0. The predicted molar refractivity (Wildman–Crippen MR) is 86.6 cm³/mol. The summed E-state index contributed by atoms with van der Waals surface area (Å²) in [5, 5.41) is 0. The van der Waals surface area contributed by atoms with Crippen molar-refractivity contribution in [2.75, 3.05) is 96.7 Å². The summed E-state index contributed by atoms with van der Waals surface area (Å²) in [6.07, 6.45) is 0. The van der Waals surface area contributed by atoms with E-state index in [1.165, 1.54) is 13.1 Å². The summed E-state index contributed by atoms with van der Waals surface area (Å²) in [6, 6.07) is 0. The Morgan fingerprint density at radius 1 is 0.714 bits per heavy atom. The molecular formula is C14H38N6Ti+2. The van der Waals surface area contributed by atoms with Crippen molar-refractivity contribution in [1.29, 1.82) is 0 Å². The van der Waals surface area contributed by atoms with E-state index < -0.39 is 15.6 Å². The van der Waals surface area contributed by atoms with Gasteiger partial charge in [0.05, 0.1) is 0 Å². The molecule has 1 spiro atoms. The molecule has 0 unspecified atom stereocenters. The van der Waals surface area contributed by atoms with Gasteiger partial charge >= 0.3 is 132 Å². The zero-order chi connectivity index (χ0) is 16.5. The van der Waals surface area contributed by atoms with E-state index in [9.17, 15) is 0 Å². The van der Waals surface area contributed by atoms with Crippen LogP contribution in [0, 0.1) is 0 Å². The Hall–Kier alpha value is 0.474. The second kappa shape index (κ2) is 4.11. The second-order valence-electron chi connectivity index (χ2n) is 8.95. The summed E-state index contributed by atoms with van der Waals surface area (Å²) in [5.41, 5.74) is 0. The van der Waals surface area contributed by atoms with Crippen LogP contribution in [0.5, 0.6) is 0 Å². The summed E-state index contributed by atoms with van der Waals surface area (Å²) >= 11 is -4.29. The minimum atomic E-state index is -4.29. The third-order valence-electron chi connectivity index (χ3n) is 8.40. The first-order valence-corrected chi connectivity index (χ1v) is 12.3. The summed E-state index contributed by atoms with van der Waals surface area (Å²) in [6.45, 7) is 4.70. The molecule has 0 amide bonds. The second-order valence-corrected chi connectivity index (χ2v) is 22.6. The number of nitrogens with zero attached hydrogens (tertiary/aromatic N) is 6. The van der Waals surface area contributed by atoms with Crippen molar-refractivity contribution >= 4 is 0 Å². The van der Waals surface area contributed by atoms with E-state index in [0.29, 0.717) is 0 Å². The van der Waals surface area contributed by atoms with E-state index in [1.54, 1.807) is 0 Å². The molecule has 0 aromatic heterocycles. The van der Waals surface area contributed by atoms with Crippen LogP contribution in [0.2, 0.25) is 0 Å². The molecule has 21 heavy (non-hydrogen) atoms. The molecule has 0 N–H and O–H groups in total. The molecule has 0 saturated carbocycles. The van der Waals surface area contributed by atoms with Gasteiger partial charge in [-0.15, -0.1) is 0 Å². The van der Waals surface area contributed by atoms with Crippen LogP contribution < -0.4 is 0 Å². The van der Waals surface area contributed by atoms with Crippen LogP contribution in [0.4, 0.5) is 0 Å². The van der Waals surface area contributed by atoms with E-state index in [-0.39, 0.29) is 0 Å². The number of likely N-dealkylation sites (N-methyl/N-ethyl adjacent to an activating group) is 4. The van der Waals surface area contributed by atoms with Gasteiger partial charge in [0.2, 0.25) is 0 Å². The Bertz CT molecular complexity index is 426. The molecule has 0 radical (unpaired) electrons. The third-order valence-corrected chi connectivity index (χ3v) is 29.8. The monoisotopic (exact) mass is 338 g/mol. The molecule has 0 aromatic carbocycles. The number of hydrogen-bond acceptors (Lipinski definition) is 4. The van der Waals surface area contributed by atoms with Crippen LogP contribution in [0.25, 0.3) is 0 Å². The first-order chi connectivity index (χ1) is 9.34. The van der Waals surface area contributed by atoms with Gasteiger partial charge in [-0.1, -0.05) is 0 Å². The van der Waals surface area contributed by atoms with Crippen molar-refractivity contribution in [2.24, 2.45) is 0 Å². The van der Waals surface area contributed by atoms with Crippen molar-refractivity contribution < 1.29 is 21.5 Å². The first-order valence-electron chi connectivity index (χ1n) is 8.08. The summed E-state index contributed by atoms with van der Waals surface area (Å²) in [5.74, 6) is 0. The fourth-order valence-electron chi connectivity index (χ4n) is 8.60. The standard InChI is InChI=1S/2C5H13N2.2C2H6N.Ti/c2*1-6-4-5-7(2)3;2*1-3-2;/h2*4-5H2,1-3H3;2*1-2H3;/q4*-1;+6. The molecule has 6 nitrogen and oxygen atoms in total. The van der Waals surface area contributed by atoms with Crippen LogP contribution in [0.15, 0.2) is 0 Å². The maximum absolute atomic E-state index is 4.29. The van der Waals surface area contributed by atoms with Gasteiger partial charge in [-0.25, -0.2) is 0 Å². The first kappa shape index (κ1) is 17.8. The van der Waals surface area contributed by atoms with Crippen molar-refractivity contribution in [2.45, 2.75) is 0 Å². The molecule has 0 atom stereocenters. The molecule has 2 fully saturated rings. The number of quaternary nitrogens is 2. The van der Waals surface area contributed by atoms with Gasteiger partial charge in [0.25, 0.3) is 0 Å². The molecule has 2 heterocycles. The molecule has 2 rings (SSSR count). The minimum absolute atomic E-state index is 1.07. The molecule has 0 aromatic rings. The molecule has 126 valence electrons. The van der Waals surface area contributed by atoms with E-state index in [2.05, 4.69) is 84.0 Å². The van der Waals surface area contributed by atoms with E-state index >= 15 is 0 Å². The van der Waals surface area contributed by atoms with E-state index in [0.717, 1.165) is 19.0 Å². The molecule has 7 heteroatoms. The molecule has 2 aliphatic heterocycles. The van der Waals surface area contributed by atoms with Crippen molar-refractivity contribution in [3.63, 3.8) is 0 Å². The van der Waals surface area contributed by atoms with Crippen molar-refractivity contribution in [1.82, 2.24) is 13.5 Å². The summed E-state index contributed by atoms with van der Waals surface area (Å²) < 4.78 is 13.0. The van der Waals surface area contributed by atoms with Gasteiger partial charge in [0.15, 0.2) is 0 Å². The van der Waals surface area contributed by atoms with Gasteiger partial charge in [0, 0.05) is 0 Å². The Kier molecular flexibility index (Phi) is 3.49. The summed E-state index contributed by atoms with van der Waals surface area (Å²) in [7, 11) is 23.9. The Labute approximate surface area is 131 Å². The van der Waals surface area contributed by atoms with Gasteiger partial charge in [-0.05, 0) is 0 Å². The average molecular weight is 338 g/mol. The van der Waals surface area contributed by atoms with Crippen LogP contribution in [0.3, 0.4) is 0 Å². The zero-order valence-corrected chi connectivity index (χ0v) is 17.6. The van der Waals surface area contributed by atoms with Crippen LogP contribution in [0.1, 0.15) is 0 Å². The molecule has 0 aliphatic carbocycles. The van der Waals surface area contributed by atoms with Gasteiger partial charge in [0.1, 0.15) is 0 Å². The summed E-state index contributed by atoms with van der Waals surface area (Å²) in [4.78, 5) is 0. The molecule has 0 bridgehead atoms. The van der Waals surface area contributed by atoms with Gasteiger partial charge in [-0.2, -0.15) is 0 Å². The molecular weight excluding hydrogens is 300 g/mol. The van der Waals surface area contributed by atoms with Crippen LogP contribution in [-0.4, -0.2) is 116 Å². The van der Waals surface area contributed by atoms with Crippen molar-refractivity contribution in [3.05, 3.63) is 0 Å². The van der Waals surface area contributed by atoms with Crippen molar-refractivity contribution in [3.8, 4) is 0 Å². The third kappa shape index (κ3) is 1.03. The normalized spacial score (nSPS) is 36.6.